The Balaban J connectivity index is 1.21. The number of likely N-dealkylation sites (tertiary alicyclic amines) is 1. The van der Waals surface area contributed by atoms with E-state index in [0.717, 1.165) is 60.3 Å². The lowest BCUT2D eigenvalue weighted by molar-refractivity contribution is -0.00211. The number of hydrogen-bond donors (Lipinski definition) is 2. The first kappa shape index (κ1) is 23.4. The summed E-state index contributed by atoms with van der Waals surface area (Å²) < 4.78 is 7.41. The van der Waals surface area contributed by atoms with Crippen LogP contribution in [0.5, 0.6) is 0 Å². The second-order valence-electron chi connectivity index (χ2n) is 10.7. The Morgan fingerprint density at radius 3 is 2.60 bits per heavy atom. The molecule has 1 aliphatic carbocycles. The molecule has 0 spiro atoms. The van der Waals surface area contributed by atoms with Crippen LogP contribution in [0.3, 0.4) is 0 Å². The van der Waals surface area contributed by atoms with E-state index in [-0.39, 0.29) is 11.1 Å². The summed E-state index contributed by atoms with van der Waals surface area (Å²) in [4.78, 5) is 11.6. The largest absolute Gasteiger partial charge is 0.389 e. The number of piperidine rings is 1. The molecule has 186 valence electrons. The molecule has 2 aromatic heterocycles. The van der Waals surface area contributed by atoms with Gasteiger partial charge in [0.15, 0.2) is 5.15 Å². The maximum Gasteiger partial charge on any atom is 0.227 e. The number of ether oxygens (including phenoxy) is 1. The van der Waals surface area contributed by atoms with Crippen molar-refractivity contribution in [1.29, 1.82) is 0 Å². The Kier molecular flexibility index (Phi) is 5.73. The normalized spacial score (nSPS) is 26.9. The molecular formula is C25H30Cl2N6O2. The first-order valence-corrected chi connectivity index (χ1v) is 13.0. The molecule has 8 nitrogen and oxygen atoms in total. The van der Waals surface area contributed by atoms with Crippen LogP contribution in [-0.2, 0) is 10.3 Å². The van der Waals surface area contributed by atoms with Gasteiger partial charge in [-0.15, -0.1) is 0 Å². The third-order valence-corrected chi connectivity index (χ3v) is 8.88. The van der Waals surface area contributed by atoms with Gasteiger partial charge in [0, 0.05) is 16.6 Å². The molecule has 3 aromatic rings. The van der Waals surface area contributed by atoms with Crippen molar-refractivity contribution in [2.75, 3.05) is 31.6 Å². The maximum atomic E-state index is 10.4. The van der Waals surface area contributed by atoms with Crippen LogP contribution in [0.4, 0.5) is 11.6 Å². The number of halogens is 2. The molecule has 3 aliphatic rings. The number of nitrogens with zero attached hydrogens (tertiary/aromatic N) is 5. The highest BCUT2D eigenvalue weighted by atomic mass is 35.5. The lowest BCUT2D eigenvalue weighted by Gasteiger charge is -2.43. The monoisotopic (exact) mass is 516 g/mol. The van der Waals surface area contributed by atoms with Crippen molar-refractivity contribution in [2.24, 2.45) is 0 Å². The molecule has 4 heterocycles. The van der Waals surface area contributed by atoms with Crippen molar-refractivity contribution >= 4 is 45.7 Å². The first-order chi connectivity index (χ1) is 16.8. The molecular weight excluding hydrogens is 487 g/mol. The Labute approximate surface area is 214 Å². The number of aromatic nitrogens is 4. The molecule has 0 radical (unpaired) electrons. The van der Waals surface area contributed by atoms with Crippen LogP contribution in [-0.4, -0.2) is 67.7 Å². The minimum Gasteiger partial charge on any atom is -0.389 e. The number of hydrogen-bond acceptors (Lipinski definition) is 7. The summed E-state index contributed by atoms with van der Waals surface area (Å²) in [5.74, 6) is 0.815. The zero-order valence-corrected chi connectivity index (χ0v) is 21.5. The minimum atomic E-state index is -0.446. The summed E-state index contributed by atoms with van der Waals surface area (Å²) in [6.07, 6.45) is 7.17. The van der Waals surface area contributed by atoms with Gasteiger partial charge in [-0.1, -0.05) is 23.2 Å². The van der Waals surface area contributed by atoms with E-state index in [1.54, 1.807) is 12.4 Å². The minimum absolute atomic E-state index is 0.0166. The van der Waals surface area contributed by atoms with E-state index in [2.05, 4.69) is 40.2 Å². The molecule has 0 unspecified atom stereocenters. The molecule has 6 rings (SSSR count). The third-order valence-electron chi connectivity index (χ3n) is 8.19. The van der Waals surface area contributed by atoms with E-state index in [1.165, 1.54) is 0 Å². The summed E-state index contributed by atoms with van der Waals surface area (Å²) in [6, 6.07) is 4.05. The average molecular weight is 517 g/mol. The zero-order chi connectivity index (χ0) is 24.4. The predicted octanol–water partition coefficient (Wildman–Crippen LogP) is 4.71. The van der Waals surface area contributed by atoms with Crippen molar-refractivity contribution in [3.05, 3.63) is 40.3 Å². The smallest absolute Gasteiger partial charge is 0.227 e. The van der Waals surface area contributed by atoms with E-state index in [4.69, 9.17) is 32.9 Å². The van der Waals surface area contributed by atoms with Crippen molar-refractivity contribution in [3.63, 3.8) is 0 Å². The fourth-order valence-corrected chi connectivity index (χ4v) is 6.07. The van der Waals surface area contributed by atoms with Gasteiger partial charge >= 0.3 is 0 Å². The quantitative estimate of drug-likeness (QED) is 0.507. The molecule has 35 heavy (non-hydrogen) atoms. The van der Waals surface area contributed by atoms with Gasteiger partial charge in [0.2, 0.25) is 5.95 Å². The molecule has 2 saturated heterocycles. The summed E-state index contributed by atoms with van der Waals surface area (Å²) in [5, 5.41) is 20.3. The van der Waals surface area contributed by atoms with Gasteiger partial charge in [-0.05, 0) is 76.2 Å². The van der Waals surface area contributed by atoms with Gasteiger partial charge in [-0.2, -0.15) is 5.10 Å². The molecule has 1 saturated carbocycles. The molecule has 2 atom stereocenters. The highest BCUT2D eigenvalue weighted by Gasteiger charge is 2.45. The van der Waals surface area contributed by atoms with E-state index in [9.17, 15) is 5.11 Å². The molecule has 3 fully saturated rings. The molecule has 2 aliphatic heterocycles. The lowest BCUT2D eigenvalue weighted by Crippen LogP contribution is -2.56. The van der Waals surface area contributed by atoms with Crippen molar-refractivity contribution in [1.82, 2.24) is 24.6 Å². The van der Waals surface area contributed by atoms with Crippen LogP contribution in [0.15, 0.2) is 24.5 Å². The Bertz CT molecular complexity index is 1270. The fraction of sp³-hybridized carbons (Fsp3) is 0.560. The predicted molar refractivity (Wildman–Crippen MR) is 137 cm³/mol. The van der Waals surface area contributed by atoms with Crippen LogP contribution < -0.4 is 5.32 Å². The van der Waals surface area contributed by atoms with Crippen LogP contribution in [0, 0.1) is 0 Å². The Morgan fingerprint density at radius 2 is 1.91 bits per heavy atom. The Hall–Kier alpha value is -1.97. The van der Waals surface area contributed by atoms with Gasteiger partial charge in [0.25, 0.3) is 0 Å². The van der Waals surface area contributed by atoms with Crippen molar-refractivity contribution in [3.8, 4) is 0 Å². The van der Waals surface area contributed by atoms with Gasteiger partial charge in [-0.25, -0.2) is 14.6 Å². The van der Waals surface area contributed by atoms with Gasteiger partial charge in [0.05, 0.1) is 47.8 Å². The zero-order valence-electron chi connectivity index (χ0n) is 20.0. The molecule has 10 heteroatoms. The second kappa shape index (κ2) is 8.56. The fourth-order valence-electron chi connectivity index (χ4n) is 5.40. The first-order valence-electron chi connectivity index (χ1n) is 12.2. The van der Waals surface area contributed by atoms with Gasteiger partial charge in [-0.3, -0.25) is 4.90 Å². The summed E-state index contributed by atoms with van der Waals surface area (Å²) in [6.45, 7) is 7.03. The summed E-state index contributed by atoms with van der Waals surface area (Å²) >= 11 is 13.3. The van der Waals surface area contributed by atoms with Crippen LogP contribution in [0.2, 0.25) is 10.2 Å². The maximum absolute atomic E-state index is 10.4. The van der Waals surface area contributed by atoms with Crippen molar-refractivity contribution in [2.45, 2.75) is 62.6 Å². The van der Waals surface area contributed by atoms with E-state index < -0.39 is 6.10 Å². The summed E-state index contributed by atoms with van der Waals surface area (Å²) in [5.41, 5.74) is 2.37. The number of rotatable bonds is 5. The second-order valence-corrected chi connectivity index (χ2v) is 11.4. The van der Waals surface area contributed by atoms with Crippen LogP contribution >= 0.6 is 23.2 Å². The Morgan fingerprint density at radius 1 is 1.14 bits per heavy atom. The topological polar surface area (TPSA) is 88.3 Å². The molecule has 0 amide bonds. The third kappa shape index (κ3) is 4.09. The number of aliphatic hydroxyl groups excluding tert-OH is 1. The average Bonchev–Trinajstić information content (AvgIpc) is 3.35. The highest BCUT2D eigenvalue weighted by Crippen LogP contribution is 2.45. The number of nitrogens with one attached hydrogen (secondary N) is 1. The molecule has 1 aromatic carbocycles. The van der Waals surface area contributed by atoms with Crippen LogP contribution in [0.1, 0.15) is 51.0 Å². The number of fused-ring (bicyclic) bond motifs is 1. The number of benzene rings is 1. The number of anilines is 2. The van der Waals surface area contributed by atoms with Gasteiger partial charge in [0.1, 0.15) is 0 Å². The SMILES string of the molecule is CC1(n2ncc(Nc3ncc4cc(Cl)c(C5CCN([C@@]6(C)COC[C@H]6O)CC5)cc4n3)c2Cl)CC1. The molecule has 0 bridgehead atoms. The summed E-state index contributed by atoms with van der Waals surface area (Å²) in [7, 11) is 0. The standard InChI is InChI=1S/C25H30Cl2N6O2/c1-24(5-6-24)33-22(27)20(12-29-33)31-23-28-11-16-9-18(26)17(10-19(16)30-23)15-3-7-32(8-4-15)25(2)14-35-13-21(25)34/h9-12,15,21,34H,3-8,13-14H2,1-2H3,(H,28,30,31)/t21-,25+/m1/s1. The van der Waals surface area contributed by atoms with Crippen molar-refractivity contribution < 1.29 is 9.84 Å². The highest BCUT2D eigenvalue weighted by molar-refractivity contribution is 6.32. The van der Waals surface area contributed by atoms with E-state index in [0.29, 0.717) is 35.9 Å². The molecule has 2 N–H and O–H groups in total. The van der Waals surface area contributed by atoms with Gasteiger partial charge < -0.3 is 15.2 Å². The lowest BCUT2D eigenvalue weighted by atomic mass is 9.85. The van der Waals surface area contributed by atoms with E-state index in [1.807, 2.05) is 10.7 Å². The number of aliphatic hydroxyl groups is 1. The van der Waals surface area contributed by atoms with Crippen LogP contribution in [0.25, 0.3) is 10.9 Å². The van der Waals surface area contributed by atoms with E-state index >= 15 is 0 Å².